The standard InChI is InChI=1S/C27H42F2O4/c1-5-7-19-27(28,29)25(32-20-8-6-2)18-16-22-15-17-24(30)23(22)13-11-9-10-12-14-26(31)33-21(3)4/h7,9,11,16,18-19,21-23,25H,5-6,8,10,12-15,17,20H2,1-4H3/b11-9-,18-16+,19-7+/t22-,23-,25?/m1/s1. The maximum Gasteiger partial charge on any atom is 0.306 e. The molecule has 1 fully saturated rings. The highest BCUT2D eigenvalue weighted by Gasteiger charge is 2.37. The van der Waals surface area contributed by atoms with E-state index >= 15 is 0 Å². The van der Waals surface area contributed by atoms with E-state index in [0.29, 0.717) is 38.5 Å². The van der Waals surface area contributed by atoms with Crippen molar-refractivity contribution >= 4 is 11.8 Å². The number of rotatable bonds is 16. The zero-order valence-corrected chi connectivity index (χ0v) is 20.7. The summed E-state index contributed by atoms with van der Waals surface area (Å²) in [6.07, 6.45) is 13.8. The van der Waals surface area contributed by atoms with Gasteiger partial charge in [-0.3, -0.25) is 9.59 Å². The van der Waals surface area contributed by atoms with Crippen LogP contribution in [0.2, 0.25) is 0 Å². The molecule has 1 aliphatic rings. The van der Waals surface area contributed by atoms with E-state index in [9.17, 15) is 18.4 Å². The van der Waals surface area contributed by atoms with Crippen LogP contribution in [0.1, 0.15) is 85.5 Å². The number of Topliss-reactive ketones (excluding diaryl/α,β-unsaturated/α-hetero) is 1. The van der Waals surface area contributed by atoms with E-state index in [4.69, 9.17) is 9.47 Å². The number of hydrogen-bond acceptors (Lipinski definition) is 4. The normalized spacial score (nSPS) is 20.6. The summed E-state index contributed by atoms with van der Waals surface area (Å²) in [4.78, 5) is 23.9. The van der Waals surface area contributed by atoms with Crippen LogP contribution in [0.3, 0.4) is 0 Å². The molecule has 0 bridgehead atoms. The molecule has 0 aromatic heterocycles. The van der Waals surface area contributed by atoms with Crippen molar-refractivity contribution in [3.05, 3.63) is 36.5 Å². The molecule has 3 atom stereocenters. The van der Waals surface area contributed by atoms with Gasteiger partial charge in [-0.05, 0) is 64.4 Å². The van der Waals surface area contributed by atoms with E-state index in [-0.39, 0.29) is 36.3 Å². The van der Waals surface area contributed by atoms with Gasteiger partial charge < -0.3 is 9.47 Å². The van der Waals surface area contributed by atoms with Crippen LogP contribution in [0.25, 0.3) is 0 Å². The van der Waals surface area contributed by atoms with Gasteiger partial charge in [-0.25, -0.2) is 0 Å². The molecule has 0 heterocycles. The number of hydrogen-bond donors (Lipinski definition) is 0. The van der Waals surface area contributed by atoms with Gasteiger partial charge in [0.05, 0.1) is 6.10 Å². The van der Waals surface area contributed by atoms with Crippen LogP contribution in [-0.2, 0) is 19.1 Å². The lowest BCUT2D eigenvalue weighted by molar-refractivity contribution is -0.147. The van der Waals surface area contributed by atoms with E-state index in [0.717, 1.165) is 25.3 Å². The van der Waals surface area contributed by atoms with Gasteiger partial charge in [0.25, 0.3) is 5.92 Å². The summed E-state index contributed by atoms with van der Waals surface area (Å²) < 4.78 is 39.9. The number of unbranched alkanes of at least 4 members (excludes halogenated alkanes) is 2. The summed E-state index contributed by atoms with van der Waals surface area (Å²) in [5.41, 5.74) is 0. The summed E-state index contributed by atoms with van der Waals surface area (Å²) >= 11 is 0. The molecular weight excluding hydrogens is 426 g/mol. The summed E-state index contributed by atoms with van der Waals surface area (Å²) in [7, 11) is 0. The summed E-state index contributed by atoms with van der Waals surface area (Å²) in [5, 5.41) is 0. The number of alkyl halides is 2. The predicted molar refractivity (Wildman–Crippen MR) is 128 cm³/mol. The van der Waals surface area contributed by atoms with Crippen LogP contribution in [0.5, 0.6) is 0 Å². The van der Waals surface area contributed by atoms with E-state index in [1.165, 1.54) is 12.2 Å². The summed E-state index contributed by atoms with van der Waals surface area (Å²) in [6.45, 7) is 7.73. The predicted octanol–water partition coefficient (Wildman–Crippen LogP) is 6.99. The highest BCUT2D eigenvalue weighted by atomic mass is 19.3. The summed E-state index contributed by atoms with van der Waals surface area (Å²) in [6, 6.07) is 0. The molecule has 1 rings (SSSR count). The SMILES string of the molecule is CC/C=C/C(F)(F)C(/C=C/[C@H]1CCC(=O)[C@@H]1C/C=C\CCCC(=O)OC(C)C)OCCCC. The van der Waals surface area contributed by atoms with Crippen molar-refractivity contribution in [2.75, 3.05) is 6.61 Å². The smallest absolute Gasteiger partial charge is 0.306 e. The second-order valence-corrected chi connectivity index (χ2v) is 8.93. The van der Waals surface area contributed by atoms with Gasteiger partial charge in [0, 0.05) is 25.4 Å². The molecule has 188 valence electrons. The first-order valence-corrected chi connectivity index (χ1v) is 12.4. The molecule has 6 heteroatoms. The van der Waals surface area contributed by atoms with Crippen molar-refractivity contribution in [2.45, 2.75) is 104 Å². The fraction of sp³-hybridized carbons (Fsp3) is 0.704. The molecule has 0 spiro atoms. The van der Waals surface area contributed by atoms with E-state index < -0.39 is 12.0 Å². The van der Waals surface area contributed by atoms with Gasteiger partial charge in [-0.2, -0.15) is 8.78 Å². The quantitative estimate of drug-likeness (QED) is 0.139. The minimum Gasteiger partial charge on any atom is -0.463 e. The highest BCUT2D eigenvalue weighted by molar-refractivity contribution is 5.83. The van der Waals surface area contributed by atoms with E-state index in [1.54, 1.807) is 6.08 Å². The molecule has 0 N–H and O–H groups in total. The topological polar surface area (TPSA) is 52.6 Å². The molecule has 0 aliphatic heterocycles. The first-order chi connectivity index (χ1) is 15.7. The summed E-state index contributed by atoms with van der Waals surface area (Å²) in [5.74, 6) is -3.37. The van der Waals surface area contributed by atoms with Crippen molar-refractivity contribution in [1.29, 1.82) is 0 Å². The maximum atomic E-state index is 14.6. The Hall–Kier alpha value is -1.82. The average molecular weight is 469 g/mol. The zero-order valence-electron chi connectivity index (χ0n) is 20.7. The van der Waals surface area contributed by atoms with Crippen molar-refractivity contribution < 1.29 is 27.8 Å². The van der Waals surface area contributed by atoms with Crippen molar-refractivity contribution in [2.24, 2.45) is 11.8 Å². The molecule has 0 amide bonds. The monoisotopic (exact) mass is 468 g/mol. The van der Waals surface area contributed by atoms with Gasteiger partial charge in [0.15, 0.2) is 0 Å². The number of halogens is 2. The molecule has 1 aliphatic carbocycles. The molecule has 0 aromatic rings. The Kier molecular flexibility index (Phi) is 14.1. The molecule has 4 nitrogen and oxygen atoms in total. The fourth-order valence-corrected chi connectivity index (χ4v) is 3.78. The third kappa shape index (κ3) is 11.7. The molecule has 0 radical (unpaired) electrons. The molecular formula is C27H42F2O4. The molecule has 0 saturated heterocycles. The molecule has 1 unspecified atom stereocenters. The second-order valence-electron chi connectivity index (χ2n) is 8.93. The lowest BCUT2D eigenvalue weighted by Crippen LogP contribution is -2.33. The van der Waals surface area contributed by atoms with Crippen LogP contribution in [0.15, 0.2) is 36.5 Å². The molecule has 1 saturated carbocycles. The minimum atomic E-state index is -3.09. The van der Waals surface area contributed by atoms with E-state index in [2.05, 4.69) is 0 Å². The maximum absolute atomic E-state index is 14.6. The number of esters is 1. The Morgan fingerprint density at radius 2 is 1.94 bits per heavy atom. The molecule has 0 aromatic carbocycles. The number of ether oxygens (including phenoxy) is 2. The fourth-order valence-electron chi connectivity index (χ4n) is 3.78. The van der Waals surface area contributed by atoms with Gasteiger partial charge in [-0.1, -0.05) is 50.6 Å². The van der Waals surface area contributed by atoms with Gasteiger partial charge in [0.1, 0.15) is 11.9 Å². The van der Waals surface area contributed by atoms with Crippen molar-refractivity contribution in [3.8, 4) is 0 Å². The number of carbonyl (C=O) groups excluding carboxylic acids is 2. The van der Waals surface area contributed by atoms with E-state index in [1.807, 2.05) is 39.8 Å². The number of allylic oxidation sites excluding steroid dienone is 4. The average Bonchev–Trinajstić information content (AvgIpc) is 3.10. The zero-order chi connectivity index (χ0) is 24.7. The van der Waals surface area contributed by atoms with Crippen molar-refractivity contribution in [1.82, 2.24) is 0 Å². The third-order valence-electron chi connectivity index (χ3n) is 5.61. The Labute approximate surface area is 198 Å². The first-order valence-electron chi connectivity index (χ1n) is 12.4. The lowest BCUT2D eigenvalue weighted by Gasteiger charge is -2.23. The van der Waals surface area contributed by atoms with Crippen LogP contribution in [0, 0.1) is 11.8 Å². The van der Waals surface area contributed by atoms with Gasteiger partial charge in [0.2, 0.25) is 0 Å². The Morgan fingerprint density at radius 1 is 1.18 bits per heavy atom. The van der Waals surface area contributed by atoms with Gasteiger partial charge in [-0.15, -0.1) is 0 Å². The minimum absolute atomic E-state index is 0.0635. The lowest BCUT2D eigenvalue weighted by atomic mass is 9.91. The van der Waals surface area contributed by atoms with Gasteiger partial charge >= 0.3 is 5.97 Å². The number of carbonyl (C=O) groups is 2. The van der Waals surface area contributed by atoms with Crippen LogP contribution in [0.4, 0.5) is 8.78 Å². The highest BCUT2D eigenvalue weighted by Crippen LogP contribution is 2.34. The van der Waals surface area contributed by atoms with Crippen LogP contribution >= 0.6 is 0 Å². The third-order valence-corrected chi connectivity index (χ3v) is 5.61. The number of ketones is 1. The first kappa shape index (κ1) is 29.2. The molecule has 33 heavy (non-hydrogen) atoms. The largest absolute Gasteiger partial charge is 0.463 e. The second kappa shape index (κ2) is 15.9. The Morgan fingerprint density at radius 3 is 2.61 bits per heavy atom. The van der Waals surface area contributed by atoms with Crippen molar-refractivity contribution in [3.63, 3.8) is 0 Å². The Balaban J connectivity index is 2.66. The van der Waals surface area contributed by atoms with Crippen LogP contribution in [-0.4, -0.2) is 36.5 Å². The van der Waals surface area contributed by atoms with Crippen LogP contribution < -0.4 is 0 Å². The Bertz CT molecular complexity index is 667.